The van der Waals surface area contributed by atoms with Crippen LogP contribution in [0.4, 0.5) is 8.78 Å². The summed E-state index contributed by atoms with van der Waals surface area (Å²) in [5, 5.41) is 3.72. The van der Waals surface area contributed by atoms with Crippen molar-refractivity contribution >= 4 is 5.78 Å². The standard InChI is InChI=1S/C10H7F2N3O/c11-8-1-7(2-9(12)3-8)10(16)4-15-6-13-5-14-15/h1-3,5-6H,4H2. The molecule has 0 saturated carbocycles. The quantitative estimate of drug-likeness (QED) is 0.740. The van der Waals surface area contributed by atoms with Gasteiger partial charge in [-0.2, -0.15) is 5.10 Å². The Morgan fingerprint density at radius 3 is 2.50 bits per heavy atom. The summed E-state index contributed by atoms with van der Waals surface area (Å²) in [6.07, 6.45) is 2.63. The number of carbonyl (C=O) groups is 1. The molecule has 0 aliphatic rings. The zero-order chi connectivity index (χ0) is 11.5. The molecule has 6 heteroatoms. The molecule has 0 amide bonds. The van der Waals surface area contributed by atoms with Crippen molar-refractivity contribution in [1.82, 2.24) is 14.8 Å². The lowest BCUT2D eigenvalue weighted by Crippen LogP contribution is -2.11. The summed E-state index contributed by atoms with van der Waals surface area (Å²) in [5.41, 5.74) is -0.0204. The second-order valence-corrected chi connectivity index (χ2v) is 3.17. The molecule has 1 aromatic heterocycles. The number of benzene rings is 1. The highest BCUT2D eigenvalue weighted by Crippen LogP contribution is 2.09. The molecule has 4 nitrogen and oxygen atoms in total. The third kappa shape index (κ3) is 2.28. The van der Waals surface area contributed by atoms with Crippen LogP contribution in [0, 0.1) is 11.6 Å². The van der Waals surface area contributed by atoms with Crippen molar-refractivity contribution in [1.29, 1.82) is 0 Å². The topological polar surface area (TPSA) is 47.8 Å². The Bertz CT molecular complexity index is 491. The van der Waals surface area contributed by atoms with Crippen LogP contribution in [0.15, 0.2) is 30.9 Å². The Morgan fingerprint density at radius 2 is 1.94 bits per heavy atom. The van der Waals surface area contributed by atoms with Crippen LogP contribution in [0.2, 0.25) is 0 Å². The average Bonchev–Trinajstić information content (AvgIpc) is 2.68. The van der Waals surface area contributed by atoms with Crippen molar-refractivity contribution in [3.05, 3.63) is 48.1 Å². The predicted molar refractivity (Wildman–Crippen MR) is 50.7 cm³/mol. The SMILES string of the molecule is O=C(Cn1cncn1)c1cc(F)cc(F)c1. The van der Waals surface area contributed by atoms with Gasteiger partial charge in [-0.05, 0) is 12.1 Å². The highest BCUT2D eigenvalue weighted by Gasteiger charge is 2.10. The molecule has 1 aromatic carbocycles. The monoisotopic (exact) mass is 223 g/mol. The zero-order valence-electron chi connectivity index (χ0n) is 8.10. The van der Waals surface area contributed by atoms with Crippen LogP contribution in [0.1, 0.15) is 10.4 Å². The molecule has 0 spiro atoms. The van der Waals surface area contributed by atoms with Crippen LogP contribution in [-0.2, 0) is 6.54 Å². The summed E-state index contributed by atoms with van der Waals surface area (Å²) in [5.74, 6) is -1.98. The van der Waals surface area contributed by atoms with E-state index in [1.807, 2.05) is 0 Å². The Morgan fingerprint density at radius 1 is 1.25 bits per heavy atom. The normalized spacial score (nSPS) is 10.4. The van der Waals surface area contributed by atoms with Crippen molar-refractivity contribution in [2.45, 2.75) is 6.54 Å². The van der Waals surface area contributed by atoms with Gasteiger partial charge in [-0.25, -0.2) is 18.4 Å². The maximum absolute atomic E-state index is 12.8. The van der Waals surface area contributed by atoms with Gasteiger partial charge in [-0.3, -0.25) is 4.79 Å². The molecule has 1 heterocycles. The van der Waals surface area contributed by atoms with Crippen molar-refractivity contribution in [2.75, 3.05) is 0 Å². The second kappa shape index (κ2) is 4.18. The fourth-order valence-electron chi connectivity index (χ4n) is 1.27. The molecule has 0 unspecified atom stereocenters. The van der Waals surface area contributed by atoms with Gasteiger partial charge in [0, 0.05) is 11.6 Å². The van der Waals surface area contributed by atoms with Crippen LogP contribution in [0.3, 0.4) is 0 Å². The van der Waals surface area contributed by atoms with Gasteiger partial charge in [0.15, 0.2) is 5.78 Å². The van der Waals surface area contributed by atoms with E-state index in [4.69, 9.17) is 0 Å². The van der Waals surface area contributed by atoms with E-state index >= 15 is 0 Å². The summed E-state index contributed by atoms with van der Waals surface area (Å²) in [6.45, 7) is -0.0944. The second-order valence-electron chi connectivity index (χ2n) is 3.17. The highest BCUT2D eigenvalue weighted by molar-refractivity contribution is 5.95. The van der Waals surface area contributed by atoms with E-state index in [9.17, 15) is 13.6 Å². The number of hydrogen-bond acceptors (Lipinski definition) is 3. The minimum Gasteiger partial charge on any atom is -0.292 e. The Labute approximate surface area is 89.5 Å². The van der Waals surface area contributed by atoms with Crippen LogP contribution in [-0.4, -0.2) is 20.5 Å². The highest BCUT2D eigenvalue weighted by atomic mass is 19.1. The van der Waals surface area contributed by atoms with E-state index in [1.165, 1.54) is 17.3 Å². The third-order valence-corrected chi connectivity index (χ3v) is 1.96. The average molecular weight is 223 g/mol. The van der Waals surface area contributed by atoms with Crippen molar-refractivity contribution in [2.24, 2.45) is 0 Å². The molecule has 0 atom stereocenters. The molecule has 2 rings (SSSR count). The van der Waals surface area contributed by atoms with Gasteiger partial charge in [0.05, 0.1) is 0 Å². The Balaban J connectivity index is 2.21. The summed E-state index contributed by atoms with van der Waals surface area (Å²) in [7, 11) is 0. The summed E-state index contributed by atoms with van der Waals surface area (Å²) in [6, 6.07) is 2.69. The van der Waals surface area contributed by atoms with E-state index in [-0.39, 0.29) is 12.1 Å². The van der Waals surface area contributed by atoms with E-state index in [1.54, 1.807) is 0 Å². The fourth-order valence-corrected chi connectivity index (χ4v) is 1.27. The maximum atomic E-state index is 12.8. The minimum absolute atomic E-state index is 0.0204. The molecular formula is C10H7F2N3O. The maximum Gasteiger partial charge on any atom is 0.184 e. The minimum atomic E-state index is -0.776. The molecular weight excluding hydrogens is 216 g/mol. The van der Waals surface area contributed by atoms with Crippen LogP contribution in [0.25, 0.3) is 0 Å². The smallest absolute Gasteiger partial charge is 0.184 e. The molecule has 0 N–H and O–H groups in total. The summed E-state index contributed by atoms with van der Waals surface area (Å²) >= 11 is 0. The number of hydrogen-bond donors (Lipinski definition) is 0. The molecule has 0 aliphatic carbocycles. The molecule has 0 bridgehead atoms. The number of Topliss-reactive ketones (excluding diaryl/α,β-unsaturated/α-hetero) is 1. The third-order valence-electron chi connectivity index (χ3n) is 1.96. The number of aromatic nitrogens is 3. The largest absolute Gasteiger partial charge is 0.292 e. The number of halogens is 2. The lowest BCUT2D eigenvalue weighted by Gasteiger charge is -2.01. The molecule has 82 valence electrons. The van der Waals surface area contributed by atoms with Crippen LogP contribution < -0.4 is 0 Å². The molecule has 0 aliphatic heterocycles. The van der Waals surface area contributed by atoms with Gasteiger partial charge in [-0.15, -0.1) is 0 Å². The molecule has 16 heavy (non-hydrogen) atoms. The first-order valence-corrected chi connectivity index (χ1v) is 4.47. The van der Waals surface area contributed by atoms with E-state index in [0.717, 1.165) is 12.1 Å². The van der Waals surface area contributed by atoms with Gasteiger partial charge < -0.3 is 0 Å². The van der Waals surface area contributed by atoms with Crippen LogP contribution >= 0.6 is 0 Å². The van der Waals surface area contributed by atoms with E-state index in [2.05, 4.69) is 10.1 Å². The van der Waals surface area contributed by atoms with E-state index in [0.29, 0.717) is 6.07 Å². The Hall–Kier alpha value is -2.11. The predicted octanol–water partition coefficient (Wildman–Crippen LogP) is 1.44. The molecule has 0 saturated heterocycles. The first-order chi connectivity index (χ1) is 7.65. The van der Waals surface area contributed by atoms with Gasteiger partial charge in [0.1, 0.15) is 30.8 Å². The van der Waals surface area contributed by atoms with Crippen LogP contribution in [0.5, 0.6) is 0 Å². The number of nitrogens with zero attached hydrogens (tertiary/aromatic N) is 3. The lowest BCUT2D eigenvalue weighted by atomic mass is 10.1. The summed E-state index contributed by atoms with van der Waals surface area (Å²) in [4.78, 5) is 15.3. The first kappa shape index (κ1) is 10.4. The molecule has 0 fully saturated rings. The fraction of sp³-hybridized carbons (Fsp3) is 0.100. The summed E-state index contributed by atoms with van der Waals surface area (Å²) < 4.78 is 27.0. The first-order valence-electron chi connectivity index (χ1n) is 4.47. The van der Waals surface area contributed by atoms with Gasteiger partial charge >= 0.3 is 0 Å². The Kier molecular flexibility index (Phi) is 2.72. The van der Waals surface area contributed by atoms with Crippen molar-refractivity contribution in [3.8, 4) is 0 Å². The van der Waals surface area contributed by atoms with Gasteiger partial charge in [0.25, 0.3) is 0 Å². The van der Waals surface area contributed by atoms with Gasteiger partial charge in [-0.1, -0.05) is 0 Å². The number of ketones is 1. The molecule has 0 radical (unpaired) electrons. The number of carbonyl (C=O) groups excluding carboxylic acids is 1. The van der Waals surface area contributed by atoms with E-state index < -0.39 is 17.4 Å². The lowest BCUT2D eigenvalue weighted by molar-refractivity contribution is 0.0966. The number of rotatable bonds is 3. The van der Waals surface area contributed by atoms with Crippen molar-refractivity contribution < 1.29 is 13.6 Å². The van der Waals surface area contributed by atoms with Crippen molar-refractivity contribution in [3.63, 3.8) is 0 Å². The zero-order valence-corrected chi connectivity index (χ0v) is 8.10. The molecule has 2 aromatic rings. The van der Waals surface area contributed by atoms with Gasteiger partial charge in [0.2, 0.25) is 0 Å².